The molecule has 7 heteroatoms. The van der Waals surface area contributed by atoms with Crippen molar-refractivity contribution < 1.29 is 19.5 Å². The average Bonchev–Trinajstić information content (AvgIpc) is 2.21. The summed E-state index contributed by atoms with van der Waals surface area (Å²) < 4.78 is 0. The monoisotopic (exact) mass is 257 g/mol. The van der Waals surface area contributed by atoms with Crippen LogP contribution in [0.1, 0.15) is 32.6 Å². The zero-order chi connectivity index (χ0) is 13.7. The second kappa shape index (κ2) is 6.23. The van der Waals surface area contributed by atoms with E-state index < -0.39 is 23.9 Å². The number of carboxylic acids is 1. The molecule has 0 radical (unpaired) electrons. The zero-order valence-electron chi connectivity index (χ0n) is 10.3. The quantitative estimate of drug-likeness (QED) is 0.526. The molecule has 0 spiro atoms. The van der Waals surface area contributed by atoms with Crippen molar-refractivity contribution in [3.8, 4) is 0 Å². The minimum atomic E-state index is -1.17. The van der Waals surface area contributed by atoms with Gasteiger partial charge in [0.15, 0.2) is 0 Å². The molecule has 1 rings (SSSR count). The smallest absolute Gasteiger partial charge is 0.326 e. The van der Waals surface area contributed by atoms with E-state index in [1.54, 1.807) is 0 Å². The second-order valence-corrected chi connectivity index (χ2v) is 4.79. The molecule has 5 N–H and O–H groups in total. The van der Waals surface area contributed by atoms with E-state index in [9.17, 15) is 14.4 Å². The Morgan fingerprint density at radius 1 is 1.39 bits per heavy atom. The first-order chi connectivity index (χ1) is 8.38. The molecule has 0 aromatic carbocycles. The number of hydrogen-bond acceptors (Lipinski definition) is 3. The first-order valence-corrected chi connectivity index (χ1v) is 5.96. The summed E-state index contributed by atoms with van der Waals surface area (Å²) in [5.41, 5.74) is 4.94. The number of rotatable bonds is 6. The van der Waals surface area contributed by atoms with Crippen molar-refractivity contribution in [1.29, 1.82) is 0 Å². The van der Waals surface area contributed by atoms with Gasteiger partial charge in [-0.25, -0.2) is 9.59 Å². The fourth-order valence-electron chi connectivity index (χ4n) is 1.95. The van der Waals surface area contributed by atoms with Gasteiger partial charge in [-0.1, -0.05) is 6.92 Å². The van der Waals surface area contributed by atoms with E-state index in [0.717, 1.165) is 12.8 Å². The van der Waals surface area contributed by atoms with Gasteiger partial charge in [-0.05, 0) is 25.2 Å². The number of amides is 3. The van der Waals surface area contributed by atoms with Gasteiger partial charge in [0.25, 0.3) is 0 Å². The van der Waals surface area contributed by atoms with Gasteiger partial charge in [0, 0.05) is 12.5 Å². The largest absolute Gasteiger partial charge is 0.480 e. The minimum absolute atomic E-state index is 0.000837. The van der Waals surface area contributed by atoms with Crippen molar-refractivity contribution in [1.82, 2.24) is 10.6 Å². The molecule has 3 amide bonds. The molecule has 7 nitrogen and oxygen atoms in total. The van der Waals surface area contributed by atoms with Crippen LogP contribution in [0.25, 0.3) is 0 Å². The molecular weight excluding hydrogens is 238 g/mol. The molecule has 0 aliphatic heterocycles. The number of hydrogen-bond donors (Lipinski definition) is 4. The Kier molecular flexibility index (Phi) is 4.94. The predicted octanol–water partition coefficient (Wildman–Crippen LogP) is -0.197. The fraction of sp³-hybridized carbons (Fsp3) is 0.727. The number of carbonyl (C=O) groups is 3. The van der Waals surface area contributed by atoms with Gasteiger partial charge in [0.05, 0.1) is 0 Å². The molecule has 0 unspecified atom stereocenters. The topological polar surface area (TPSA) is 122 Å². The van der Waals surface area contributed by atoms with E-state index in [1.807, 2.05) is 0 Å². The number of carbonyl (C=O) groups excluding carboxylic acids is 2. The SMILES string of the molecule is CC1CC(NC(=O)N[C@@H](CCC(N)=O)C(=O)O)C1. The molecule has 0 bridgehead atoms. The van der Waals surface area contributed by atoms with Gasteiger partial charge >= 0.3 is 12.0 Å². The molecule has 0 heterocycles. The van der Waals surface area contributed by atoms with Crippen LogP contribution >= 0.6 is 0 Å². The Hall–Kier alpha value is -1.79. The van der Waals surface area contributed by atoms with E-state index in [0.29, 0.717) is 5.92 Å². The number of nitrogens with one attached hydrogen (secondary N) is 2. The van der Waals surface area contributed by atoms with Gasteiger partial charge in [-0.2, -0.15) is 0 Å². The predicted molar refractivity (Wildman–Crippen MR) is 63.7 cm³/mol. The highest BCUT2D eigenvalue weighted by molar-refractivity contribution is 5.83. The van der Waals surface area contributed by atoms with Crippen LogP contribution in [0.15, 0.2) is 0 Å². The Balaban J connectivity index is 2.33. The first kappa shape index (κ1) is 14.3. The molecule has 18 heavy (non-hydrogen) atoms. The highest BCUT2D eigenvalue weighted by Crippen LogP contribution is 2.25. The molecular formula is C11H19N3O4. The van der Waals surface area contributed by atoms with Crippen LogP contribution < -0.4 is 16.4 Å². The highest BCUT2D eigenvalue weighted by Gasteiger charge is 2.28. The lowest BCUT2D eigenvalue weighted by Gasteiger charge is -2.33. The molecule has 1 aliphatic carbocycles. The molecule has 1 atom stereocenters. The number of aliphatic carboxylic acids is 1. The second-order valence-electron chi connectivity index (χ2n) is 4.79. The molecule has 102 valence electrons. The number of urea groups is 1. The summed E-state index contributed by atoms with van der Waals surface area (Å²) in [4.78, 5) is 33.0. The van der Waals surface area contributed by atoms with E-state index in [4.69, 9.17) is 10.8 Å². The molecule has 0 aromatic rings. The molecule has 1 saturated carbocycles. The Morgan fingerprint density at radius 3 is 2.44 bits per heavy atom. The van der Waals surface area contributed by atoms with Crippen LogP contribution in [0.3, 0.4) is 0 Å². The highest BCUT2D eigenvalue weighted by atomic mass is 16.4. The van der Waals surface area contributed by atoms with Crippen LogP contribution in [-0.2, 0) is 9.59 Å². The van der Waals surface area contributed by atoms with Crippen molar-refractivity contribution in [2.75, 3.05) is 0 Å². The molecule has 1 aliphatic rings. The van der Waals surface area contributed by atoms with Gasteiger partial charge < -0.3 is 21.5 Å². The zero-order valence-corrected chi connectivity index (χ0v) is 10.3. The molecule has 0 saturated heterocycles. The summed E-state index contributed by atoms with van der Waals surface area (Å²) in [6.07, 6.45) is 1.75. The third-order valence-electron chi connectivity index (χ3n) is 2.99. The van der Waals surface area contributed by atoms with Crippen LogP contribution in [0.4, 0.5) is 4.79 Å². The van der Waals surface area contributed by atoms with Crippen molar-refractivity contribution >= 4 is 17.9 Å². The van der Waals surface area contributed by atoms with Crippen molar-refractivity contribution in [2.24, 2.45) is 11.7 Å². The van der Waals surface area contributed by atoms with Gasteiger partial charge in [-0.15, -0.1) is 0 Å². The van der Waals surface area contributed by atoms with E-state index in [-0.39, 0.29) is 18.9 Å². The minimum Gasteiger partial charge on any atom is -0.480 e. The van der Waals surface area contributed by atoms with Crippen LogP contribution in [0.2, 0.25) is 0 Å². The average molecular weight is 257 g/mol. The number of carboxylic acid groups (broad SMARTS) is 1. The lowest BCUT2D eigenvalue weighted by molar-refractivity contribution is -0.139. The van der Waals surface area contributed by atoms with Crippen molar-refractivity contribution in [3.05, 3.63) is 0 Å². The number of primary amides is 1. The summed E-state index contributed by atoms with van der Waals surface area (Å²) in [7, 11) is 0. The molecule has 1 fully saturated rings. The van der Waals surface area contributed by atoms with Crippen molar-refractivity contribution in [2.45, 2.75) is 44.7 Å². The maximum Gasteiger partial charge on any atom is 0.326 e. The van der Waals surface area contributed by atoms with E-state index in [2.05, 4.69) is 17.6 Å². The maximum atomic E-state index is 11.5. The van der Waals surface area contributed by atoms with Crippen LogP contribution in [0, 0.1) is 5.92 Å². The lowest BCUT2D eigenvalue weighted by atomic mass is 9.82. The van der Waals surface area contributed by atoms with E-state index >= 15 is 0 Å². The van der Waals surface area contributed by atoms with Crippen LogP contribution in [-0.4, -0.2) is 35.1 Å². The third kappa shape index (κ3) is 4.60. The van der Waals surface area contributed by atoms with E-state index in [1.165, 1.54) is 0 Å². The Labute approximate surface area is 105 Å². The lowest BCUT2D eigenvalue weighted by Crippen LogP contribution is -2.52. The van der Waals surface area contributed by atoms with Gasteiger partial charge in [0.2, 0.25) is 5.91 Å². The first-order valence-electron chi connectivity index (χ1n) is 5.96. The van der Waals surface area contributed by atoms with Crippen LogP contribution in [0.5, 0.6) is 0 Å². The maximum absolute atomic E-state index is 11.5. The van der Waals surface area contributed by atoms with Crippen molar-refractivity contribution in [3.63, 3.8) is 0 Å². The van der Waals surface area contributed by atoms with Gasteiger partial charge in [0.1, 0.15) is 6.04 Å². The number of nitrogens with two attached hydrogens (primary N) is 1. The summed E-state index contributed by atoms with van der Waals surface area (Å²) in [5, 5.41) is 13.9. The summed E-state index contributed by atoms with van der Waals surface area (Å²) in [5.74, 6) is -1.16. The molecule has 0 aromatic heterocycles. The van der Waals surface area contributed by atoms with Gasteiger partial charge in [-0.3, -0.25) is 4.79 Å². The normalized spacial score (nSPS) is 23.6. The Morgan fingerprint density at radius 2 is 2.00 bits per heavy atom. The standard InChI is InChI=1S/C11H19N3O4/c1-6-4-7(5-6)13-11(18)14-8(10(16)17)2-3-9(12)15/h6-8H,2-5H2,1H3,(H2,12,15)(H,16,17)(H2,13,14,18)/t6?,7?,8-/m0/s1. The fourth-order valence-corrected chi connectivity index (χ4v) is 1.95. The third-order valence-corrected chi connectivity index (χ3v) is 2.99. The summed E-state index contributed by atoms with van der Waals surface area (Å²) >= 11 is 0. The summed E-state index contributed by atoms with van der Waals surface area (Å²) in [6, 6.07) is -1.48. The Bertz CT molecular complexity index is 339. The summed E-state index contributed by atoms with van der Waals surface area (Å²) in [6.45, 7) is 2.09.